The number of nitrogens with one attached hydrogen (secondary N) is 1. The topological polar surface area (TPSA) is 72.2 Å². The zero-order valence-corrected chi connectivity index (χ0v) is 13.8. The minimum absolute atomic E-state index is 0.0206. The molecule has 2 aromatic carbocycles. The lowest BCUT2D eigenvalue weighted by Crippen LogP contribution is -2.17. The van der Waals surface area contributed by atoms with Crippen LogP contribution in [0.25, 0.3) is 0 Å². The first-order valence-electron chi connectivity index (χ1n) is 5.80. The van der Waals surface area contributed by atoms with Gasteiger partial charge in [-0.3, -0.25) is 4.72 Å². The monoisotopic (exact) mass is 392 g/mol. The van der Waals surface area contributed by atoms with E-state index in [4.69, 9.17) is 17.3 Å². The zero-order chi connectivity index (χ0) is 15.6. The lowest BCUT2D eigenvalue weighted by Gasteiger charge is -2.13. The predicted octanol–water partition coefficient (Wildman–Crippen LogP) is 3.50. The molecule has 0 atom stereocenters. The highest BCUT2D eigenvalue weighted by Crippen LogP contribution is 2.32. The third kappa shape index (κ3) is 3.55. The van der Waals surface area contributed by atoms with Crippen LogP contribution < -0.4 is 10.5 Å². The lowest BCUT2D eigenvalue weighted by atomic mass is 10.2. The molecule has 0 fully saturated rings. The van der Waals surface area contributed by atoms with Gasteiger partial charge in [0.15, 0.2) is 0 Å². The fourth-order valence-corrected chi connectivity index (χ4v) is 3.73. The summed E-state index contributed by atoms with van der Waals surface area (Å²) >= 11 is 9.11. The number of sulfonamides is 1. The summed E-state index contributed by atoms with van der Waals surface area (Å²) in [5.41, 5.74) is 6.08. The van der Waals surface area contributed by atoms with E-state index in [9.17, 15) is 12.8 Å². The van der Waals surface area contributed by atoms with Crippen LogP contribution in [0.1, 0.15) is 5.56 Å². The smallest absolute Gasteiger partial charge is 0.262 e. The highest BCUT2D eigenvalue weighted by Gasteiger charge is 2.20. The van der Waals surface area contributed by atoms with E-state index in [1.54, 1.807) is 12.1 Å². The number of halogens is 3. The highest BCUT2D eigenvalue weighted by molar-refractivity contribution is 9.10. The standard InChI is InChI=1S/C13H11BrClFN2O2S/c14-13-10(15)2-1-3-11(13)18-21(19,20)12-6-9(16)5-4-8(12)7-17/h1-6,18H,7,17H2. The molecule has 21 heavy (non-hydrogen) atoms. The molecule has 2 aromatic rings. The number of hydrogen-bond acceptors (Lipinski definition) is 3. The van der Waals surface area contributed by atoms with Gasteiger partial charge >= 0.3 is 0 Å². The first kappa shape index (κ1) is 16.2. The maximum absolute atomic E-state index is 13.3. The van der Waals surface area contributed by atoms with Crippen molar-refractivity contribution in [2.45, 2.75) is 11.4 Å². The van der Waals surface area contributed by atoms with Crippen molar-refractivity contribution in [1.82, 2.24) is 0 Å². The van der Waals surface area contributed by atoms with Crippen LogP contribution in [0.3, 0.4) is 0 Å². The van der Waals surface area contributed by atoms with E-state index in [-0.39, 0.29) is 17.1 Å². The Morgan fingerprint density at radius 2 is 2.00 bits per heavy atom. The fraction of sp³-hybridized carbons (Fsp3) is 0.0769. The van der Waals surface area contributed by atoms with Crippen molar-refractivity contribution < 1.29 is 12.8 Å². The van der Waals surface area contributed by atoms with Gasteiger partial charge in [-0.15, -0.1) is 0 Å². The molecule has 0 amide bonds. The van der Waals surface area contributed by atoms with Crippen LogP contribution in [0.2, 0.25) is 5.02 Å². The van der Waals surface area contributed by atoms with Gasteiger partial charge in [0.1, 0.15) is 5.82 Å². The van der Waals surface area contributed by atoms with Crippen molar-refractivity contribution in [3.63, 3.8) is 0 Å². The summed E-state index contributed by atoms with van der Waals surface area (Å²) in [6.07, 6.45) is 0. The van der Waals surface area contributed by atoms with Crippen LogP contribution in [0.15, 0.2) is 45.8 Å². The molecule has 0 unspecified atom stereocenters. The third-order valence-corrected chi connectivity index (χ3v) is 5.58. The third-order valence-electron chi connectivity index (χ3n) is 2.73. The minimum atomic E-state index is -3.98. The van der Waals surface area contributed by atoms with Gasteiger partial charge in [0.25, 0.3) is 10.0 Å². The van der Waals surface area contributed by atoms with Crippen LogP contribution in [0, 0.1) is 5.82 Å². The molecule has 8 heteroatoms. The fourth-order valence-electron chi connectivity index (χ4n) is 1.73. The summed E-state index contributed by atoms with van der Waals surface area (Å²) in [6, 6.07) is 8.18. The van der Waals surface area contributed by atoms with Gasteiger partial charge in [0.2, 0.25) is 0 Å². The van der Waals surface area contributed by atoms with Crippen LogP contribution in [-0.4, -0.2) is 8.42 Å². The molecule has 0 bridgehead atoms. The maximum atomic E-state index is 13.3. The van der Waals surface area contributed by atoms with Gasteiger partial charge in [-0.25, -0.2) is 12.8 Å². The van der Waals surface area contributed by atoms with E-state index in [1.807, 2.05) is 0 Å². The second kappa shape index (κ2) is 6.31. The molecular weight excluding hydrogens is 383 g/mol. The molecule has 0 saturated carbocycles. The molecule has 112 valence electrons. The van der Waals surface area contributed by atoms with Gasteiger partial charge in [0.05, 0.1) is 20.1 Å². The molecule has 0 saturated heterocycles. The van der Waals surface area contributed by atoms with Gasteiger partial charge in [-0.1, -0.05) is 23.7 Å². The molecule has 0 radical (unpaired) electrons. The van der Waals surface area contributed by atoms with E-state index in [0.717, 1.165) is 12.1 Å². The maximum Gasteiger partial charge on any atom is 0.262 e. The first-order chi connectivity index (χ1) is 9.85. The number of hydrogen-bond donors (Lipinski definition) is 2. The van der Waals surface area contributed by atoms with Crippen molar-refractivity contribution in [2.24, 2.45) is 5.73 Å². The quantitative estimate of drug-likeness (QED) is 0.835. The second-order valence-corrected chi connectivity index (χ2v) is 7.01. The molecule has 0 aliphatic carbocycles. The van der Waals surface area contributed by atoms with Crippen LogP contribution in [0.4, 0.5) is 10.1 Å². The molecule has 0 aliphatic heterocycles. The zero-order valence-electron chi connectivity index (χ0n) is 10.6. The average Bonchev–Trinajstić information content (AvgIpc) is 2.44. The number of anilines is 1. The Morgan fingerprint density at radius 3 is 2.67 bits per heavy atom. The first-order valence-corrected chi connectivity index (χ1v) is 8.46. The Bertz CT molecular complexity index is 784. The van der Waals surface area contributed by atoms with Crippen molar-refractivity contribution in [2.75, 3.05) is 4.72 Å². The Hall–Kier alpha value is -1.15. The molecular formula is C13H11BrClFN2O2S. The van der Waals surface area contributed by atoms with Crippen molar-refractivity contribution >= 4 is 43.2 Å². The van der Waals surface area contributed by atoms with Gasteiger partial charge in [-0.2, -0.15) is 0 Å². The Morgan fingerprint density at radius 1 is 1.29 bits per heavy atom. The summed E-state index contributed by atoms with van der Waals surface area (Å²) in [4.78, 5) is -0.197. The van der Waals surface area contributed by atoms with Crippen LogP contribution in [0.5, 0.6) is 0 Å². The SMILES string of the molecule is NCc1ccc(F)cc1S(=O)(=O)Nc1cccc(Cl)c1Br. The van der Waals surface area contributed by atoms with Crippen LogP contribution >= 0.6 is 27.5 Å². The normalized spacial score (nSPS) is 11.4. The molecule has 0 heterocycles. The highest BCUT2D eigenvalue weighted by atomic mass is 79.9. The summed E-state index contributed by atoms with van der Waals surface area (Å²) in [6.45, 7) is -0.0206. The van der Waals surface area contributed by atoms with Crippen molar-refractivity contribution in [3.05, 3.63) is 57.3 Å². The van der Waals surface area contributed by atoms with E-state index in [0.29, 0.717) is 15.1 Å². The van der Waals surface area contributed by atoms with E-state index in [1.165, 1.54) is 12.1 Å². The van der Waals surface area contributed by atoms with Crippen molar-refractivity contribution in [3.8, 4) is 0 Å². The van der Waals surface area contributed by atoms with Crippen molar-refractivity contribution in [1.29, 1.82) is 0 Å². The van der Waals surface area contributed by atoms with Crippen LogP contribution in [-0.2, 0) is 16.6 Å². The Kier molecular flexibility index (Phi) is 4.88. The molecule has 3 N–H and O–H groups in total. The summed E-state index contributed by atoms with van der Waals surface area (Å²) < 4.78 is 40.9. The Balaban J connectivity index is 2.48. The number of nitrogens with two attached hydrogens (primary N) is 1. The summed E-state index contributed by atoms with van der Waals surface area (Å²) in [5, 5.41) is 0.355. The molecule has 0 aliphatic rings. The number of rotatable bonds is 4. The van der Waals surface area contributed by atoms with Gasteiger partial charge < -0.3 is 5.73 Å². The lowest BCUT2D eigenvalue weighted by molar-refractivity contribution is 0.593. The number of benzene rings is 2. The average molecular weight is 394 g/mol. The van der Waals surface area contributed by atoms with E-state index >= 15 is 0 Å². The predicted molar refractivity (Wildman–Crippen MR) is 84.3 cm³/mol. The molecule has 0 aromatic heterocycles. The Labute approximate surface area is 135 Å². The second-order valence-electron chi connectivity index (χ2n) is 4.16. The minimum Gasteiger partial charge on any atom is -0.326 e. The summed E-state index contributed by atoms with van der Waals surface area (Å²) in [7, 11) is -3.98. The largest absolute Gasteiger partial charge is 0.326 e. The molecule has 4 nitrogen and oxygen atoms in total. The molecule has 2 rings (SSSR count). The summed E-state index contributed by atoms with van der Waals surface area (Å²) in [5.74, 6) is -0.655. The van der Waals surface area contributed by atoms with Gasteiger partial charge in [0, 0.05) is 6.54 Å². The van der Waals surface area contributed by atoms with E-state index in [2.05, 4.69) is 20.7 Å². The van der Waals surface area contributed by atoms with E-state index < -0.39 is 15.8 Å². The molecule has 0 spiro atoms. The van der Waals surface area contributed by atoms with Gasteiger partial charge in [-0.05, 0) is 45.8 Å².